The molecule has 0 unspecified atom stereocenters. The van der Waals surface area contributed by atoms with E-state index >= 15 is 0 Å². The van der Waals surface area contributed by atoms with E-state index in [0.29, 0.717) is 6.61 Å². The SMILES string of the molecule is CCCCOC(=O)CCCC(=O)OCc1ccccc1C(F)(F)F. The third-order valence-corrected chi connectivity index (χ3v) is 3.23. The first kappa shape index (κ1) is 20.0. The topological polar surface area (TPSA) is 52.6 Å². The Morgan fingerprint density at radius 3 is 2.25 bits per heavy atom. The molecule has 0 aliphatic rings. The Morgan fingerprint density at radius 2 is 1.62 bits per heavy atom. The van der Waals surface area contributed by atoms with Gasteiger partial charge in [0.05, 0.1) is 12.2 Å². The fraction of sp³-hybridized carbons (Fsp3) is 0.529. The molecular formula is C17H21F3O4. The standard InChI is InChI=1S/C17H21F3O4/c1-2-3-11-23-15(21)9-6-10-16(22)24-12-13-7-4-5-8-14(13)17(18,19)20/h4-5,7-8H,2-3,6,9-12H2,1H3. The number of carbonyl (C=O) groups excluding carboxylic acids is 2. The van der Waals surface area contributed by atoms with Crippen LogP contribution in [0, 0.1) is 0 Å². The summed E-state index contributed by atoms with van der Waals surface area (Å²) in [5.41, 5.74) is -0.922. The van der Waals surface area contributed by atoms with Gasteiger partial charge in [-0.15, -0.1) is 0 Å². The van der Waals surface area contributed by atoms with Gasteiger partial charge in [-0.2, -0.15) is 13.2 Å². The molecule has 1 aromatic carbocycles. The molecule has 0 aliphatic carbocycles. The lowest BCUT2D eigenvalue weighted by atomic mass is 10.1. The lowest BCUT2D eigenvalue weighted by Crippen LogP contribution is -2.12. The summed E-state index contributed by atoms with van der Waals surface area (Å²) in [5, 5.41) is 0. The Labute approximate surface area is 138 Å². The number of carbonyl (C=O) groups is 2. The molecule has 0 N–H and O–H groups in total. The van der Waals surface area contributed by atoms with Crippen LogP contribution in [-0.4, -0.2) is 18.5 Å². The molecule has 0 heterocycles. The van der Waals surface area contributed by atoms with Gasteiger partial charge in [0, 0.05) is 18.4 Å². The number of alkyl halides is 3. The summed E-state index contributed by atoms with van der Waals surface area (Å²) in [4.78, 5) is 22.9. The van der Waals surface area contributed by atoms with Gasteiger partial charge in [-0.05, 0) is 18.9 Å². The van der Waals surface area contributed by atoms with Crippen molar-refractivity contribution in [3.05, 3.63) is 35.4 Å². The number of halogens is 3. The van der Waals surface area contributed by atoms with Crippen LogP contribution in [0.5, 0.6) is 0 Å². The number of hydrogen-bond acceptors (Lipinski definition) is 4. The van der Waals surface area contributed by atoms with Crippen molar-refractivity contribution >= 4 is 11.9 Å². The van der Waals surface area contributed by atoms with E-state index in [9.17, 15) is 22.8 Å². The molecule has 0 aromatic heterocycles. The minimum absolute atomic E-state index is 0.0446. The highest BCUT2D eigenvalue weighted by Crippen LogP contribution is 2.32. The molecule has 7 heteroatoms. The second-order valence-electron chi connectivity index (χ2n) is 5.24. The number of unbranched alkanes of at least 4 members (excludes halogenated alkanes) is 1. The zero-order valence-corrected chi connectivity index (χ0v) is 13.5. The van der Waals surface area contributed by atoms with Gasteiger partial charge in [-0.3, -0.25) is 9.59 Å². The minimum atomic E-state index is -4.49. The van der Waals surface area contributed by atoms with Crippen LogP contribution in [0.4, 0.5) is 13.2 Å². The average Bonchev–Trinajstić information content (AvgIpc) is 2.52. The fourth-order valence-electron chi connectivity index (χ4n) is 1.93. The molecule has 0 amide bonds. The summed E-state index contributed by atoms with van der Waals surface area (Å²) < 4.78 is 48.2. The number of benzene rings is 1. The van der Waals surface area contributed by atoms with Crippen molar-refractivity contribution in [2.24, 2.45) is 0 Å². The number of esters is 2. The Morgan fingerprint density at radius 1 is 1.00 bits per heavy atom. The molecular weight excluding hydrogens is 325 g/mol. The van der Waals surface area contributed by atoms with Gasteiger partial charge >= 0.3 is 18.1 Å². The second kappa shape index (κ2) is 9.95. The van der Waals surface area contributed by atoms with Crippen LogP contribution in [0.25, 0.3) is 0 Å². The molecule has 0 saturated carbocycles. The largest absolute Gasteiger partial charge is 0.466 e. The minimum Gasteiger partial charge on any atom is -0.466 e. The molecule has 0 fully saturated rings. The summed E-state index contributed by atoms with van der Waals surface area (Å²) in [6.45, 7) is 1.88. The van der Waals surface area contributed by atoms with Crippen LogP contribution >= 0.6 is 0 Å². The van der Waals surface area contributed by atoms with Crippen LogP contribution in [0.3, 0.4) is 0 Å². The molecule has 24 heavy (non-hydrogen) atoms. The normalized spacial score (nSPS) is 11.2. The van der Waals surface area contributed by atoms with Gasteiger partial charge < -0.3 is 9.47 Å². The van der Waals surface area contributed by atoms with Crippen LogP contribution in [-0.2, 0) is 31.8 Å². The van der Waals surface area contributed by atoms with Gasteiger partial charge in [-0.1, -0.05) is 31.5 Å². The predicted molar refractivity (Wildman–Crippen MR) is 81.0 cm³/mol. The van der Waals surface area contributed by atoms with Gasteiger partial charge in [-0.25, -0.2) is 0 Å². The second-order valence-corrected chi connectivity index (χ2v) is 5.24. The lowest BCUT2D eigenvalue weighted by Gasteiger charge is -2.12. The van der Waals surface area contributed by atoms with Crippen LogP contribution < -0.4 is 0 Å². The van der Waals surface area contributed by atoms with Crippen molar-refractivity contribution in [3.63, 3.8) is 0 Å². The van der Waals surface area contributed by atoms with E-state index < -0.39 is 30.3 Å². The van der Waals surface area contributed by atoms with Crippen molar-refractivity contribution in [1.82, 2.24) is 0 Å². The molecule has 1 rings (SSSR count). The summed E-state index contributed by atoms with van der Waals surface area (Å²) >= 11 is 0. The monoisotopic (exact) mass is 346 g/mol. The summed E-state index contributed by atoms with van der Waals surface area (Å²) in [7, 11) is 0. The van der Waals surface area contributed by atoms with E-state index in [1.807, 2.05) is 6.92 Å². The summed E-state index contributed by atoms with van der Waals surface area (Å²) in [5.74, 6) is -1.04. The van der Waals surface area contributed by atoms with E-state index in [1.165, 1.54) is 18.2 Å². The Hall–Kier alpha value is -2.05. The molecule has 0 radical (unpaired) electrons. The highest BCUT2D eigenvalue weighted by atomic mass is 19.4. The zero-order chi connectivity index (χ0) is 18.0. The maximum absolute atomic E-state index is 12.8. The van der Waals surface area contributed by atoms with Crippen molar-refractivity contribution in [3.8, 4) is 0 Å². The highest BCUT2D eigenvalue weighted by molar-refractivity contribution is 5.72. The summed E-state index contributed by atoms with van der Waals surface area (Å²) in [6.07, 6.45) is -2.52. The highest BCUT2D eigenvalue weighted by Gasteiger charge is 2.33. The maximum atomic E-state index is 12.8. The zero-order valence-electron chi connectivity index (χ0n) is 13.5. The van der Waals surface area contributed by atoms with Gasteiger partial charge in [0.2, 0.25) is 0 Å². The van der Waals surface area contributed by atoms with Gasteiger partial charge in [0.1, 0.15) is 6.61 Å². The van der Waals surface area contributed by atoms with Crippen LogP contribution in [0.1, 0.15) is 50.2 Å². The maximum Gasteiger partial charge on any atom is 0.416 e. The number of ether oxygens (including phenoxy) is 2. The molecule has 0 bridgehead atoms. The van der Waals surface area contributed by atoms with Crippen molar-refractivity contribution in [2.75, 3.05) is 6.61 Å². The lowest BCUT2D eigenvalue weighted by molar-refractivity contribution is -0.148. The van der Waals surface area contributed by atoms with Gasteiger partial charge in [0.15, 0.2) is 0 Å². The molecule has 4 nitrogen and oxygen atoms in total. The molecule has 1 aromatic rings. The Kier molecular flexibility index (Phi) is 8.29. The van der Waals surface area contributed by atoms with Crippen LogP contribution in [0.2, 0.25) is 0 Å². The Balaban J connectivity index is 2.34. The van der Waals surface area contributed by atoms with E-state index in [-0.39, 0.29) is 24.8 Å². The van der Waals surface area contributed by atoms with Crippen molar-refractivity contribution in [1.29, 1.82) is 0 Å². The number of rotatable bonds is 9. The third kappa shape index (κ3) is 7.48. The molecule has 0 saturated heterocycles. The molecule has 0 spiro atoms. The molecule has 134 valence electrons. The van der Waals surface area contributed by atoms with Gasteiger partial charge in [0.25, 0.3) is 0 Å². The van der Waals surface area contributed by atoms with Crippen molar-refractivity contribution < 1.29 is 32.2 Å². The van der Waals surface area contributed by atoms with Crippen LogP contribution in [0.15, 0.2) is 24.3 Å². The average molecular weight is 346 g/mol. The van der Waals surface area contributed by atoms with E-state index in [4.69, 9.17) is 9.47 Å². The van der Waals surface area contributed by atoms with E-state index in [2.05, 4.69) is 0 Å². The molecule has 0 atom stereocenters. The summed E-state index contributed by atoms with van der Waals surface area (Å²) in [6, 6.07) is 4.93. The quantitative estimate of drug-likeness (QED) is 0.495. The smallest absolute Gasteiger partial charge is 0.416 e. The van der Waals surface area contributed by atoms with Crippen molar-refractivity contribution in [2.45, 2.75) is 51.8 Å². The third-order valence-electron chi connectivity index (χ3n) is 3.23. The predicted octanol–water partition coefficient (Wildman–Crippen LogP) is 4.26. The number of hydrogen-bond donors (Lipinski definition) is 0. The first-order valence-corrected chi connectivity index (χ1v) is 7.81. The molecule has 0 aliphatic heterocycles. The first-order valence-electron chi connectivity index (χ1n) is 7.81. The Bertz CT molecular complexity index is 541. The fourth-order valence-corrected chi connectivity index (χ4v) is 1.93. The first-order chi connectivity index (χ1) is 11.3. The van der Waals surface area contributed by atoms with E-state index in [1.54, 1.807) is 0 Å². The van der Waals surface area contributed by atoms with E-state index in [0.717, 1.165) is 18.9 Å².